The number of methoxy groups -OCH3 is 1. The van der Waals surface area contributed by atoms with Crippen LogP contribution in [0.1, 0.15) is 36.8 Å². The molecule has 23 heavy (non-hydrogen) atoms. The van der Waals surface area contributed by atoms with Crippen LogP contribution in [0.15, 0.2) is 24.3 Å². The third kappa shape index (κ3) is 2.98. The van der Waals surface area contributed by atoms with Gasteiger partial charge in [-0.15, -0.1) is 0 Å². The zero-order valence-electron chi connectivity index (χ0n) is 12.6. The van der Waals surface area contributed by atoms with Crippen molar-refractivity contribution in [3.8, 4) is 5.75 Å². The molecule has 3 nitrogen and oxygen atoms in total. The van der Waals surface area contributed by atoms with E-state index in [1.165, 1.54) is 13.2 Å². The fourth-order valence-electron chi connectivity index (χ4n) is 3.34. The van der Waals surface area contributed by atoms with Crippen LogP contribution in [0.3, 0.4) is 0 Å². The molecule has 1 aromatic rings. The van der Waals surface area contributed by atoms with Crippen LogP contribution in [-0.2, 0) is 16.0 Å². The minimum absolute atomic E-state index is 0.120. The van der Waals surface area contributed by atoms with Gasteiger partial charge >= 0.3 is 6.18 Å². The highest BCUT2D eigenvalue weighted by Gasteiger charge is 2.41. The molecule has 2 atom stereocenters. The van der Waals surface area contributed by atoms with Gasteiger partial charge in [-0.05, 0) is 48.6 Å². The molecule has 1 aromatic carbocycles. The van der Waals surface area contributed by atoms with Crippen LogP contribution in [0, 0.1) is 0 Å². The number of hydrogen-bond donors (Lipinski definition) is 0. The number of halogens is 3. The lowest BCUT2D eigenvalue weighted by molar-refractivity contribution is -0.137. The van der Waals surface area contributed by atoms with Gasteiger partial charge in [-0.3, -0.25) is 0 Å². The molecule has 1 saturated heterocycles. The van der Waals surface area contributed by atoms with E-state index in [9.17, 15) is 21.6 Å². The average molecular weight is 346 g/mol. The number of ether oxygens (including phenoxy) is 1. The standard InChI is InChI=1S/C16H17F3O3S/c1-22-13-6-10(5-12(9-13)16(17,18)19)11-7-14-3-2-4-15(8-11)23(14,20)21/h5-7,9,14-15H,2-4,8H2,1H3. The summed E-state index contributed by atoms with van der Waals surface area (Å²) in [5, 5.41) is -1.06. The molecule has 0 N–H and O–H groups in total. The highest BCUT2D eigenvalue weighted by molar-refractivity contribution is 7.93. The summed E-state index contributed by atoms with van der Waals surface area (Å²) in [6.07, 6.45) is -0.626. The van der Waals surface area contributed by atoms with Gasteiger partial charge in [0.15, 0.2) is 9.84 Å². The third-order valence-corrected chi connectivity index (χ3v) is 7.12. The van der Waals surface area contributed by atoms with Gasteiger partial charge in [0.25, 0.3) is 0 Å². The highest BCUT2D eigenvalue weighted by atomic mass is 32.2. The van der Waals surface area contributed by atoms with E-state index in [0.29, 0.717) is 24.0 Å². The van der Waals surface area contributed by atoms with E-state index >= 15 is 0 Å². The Bertz CT molecular complexity index is 750. The van der Waals surface area contributed by atoms with Crippen molar-refractivity contribution >= 4 is 15.4 Å². The number of alkyl halides is 3. The maximum atomic E-state index is 13.0. The molecule has 2 aliphatic rings. The predicted octanol–water partition coefficient (Wildman–Crippen LogP) is 3.84. The summed E-state index contributed by atoms with van der Waals surface area (Å²) >= 11 is 0. The normalized spacial score (nSPS) is 26.5. The topological polar surface area (TPSA) is 43.4 Å². The Morgan fingerprint density at radius 2 is 1.91 bits per heavy atom. The number of allylic oxidation sites excluding steroid dienone is 1. The maximum Gasteiger partial charge on any atom is 0.416 e. The lowest BCUT2D eigenvalue weighted by atomic mass is 9.92. The van der Waals surface area contributed by atoms with Gasteiger partial charge < -0.3 is 4.74 Å². The SMILES string of the molecule is COc1cc(C2=CC3CCCC(C2)S3(=O)=O)cc(C(F)(F)F)c1. The Kier molecular flexibility index (Phi) is 3.94. The summed E-state index contributed by atoms with van der Waals surface area (Å²) in [6, 6.07) is 3.56. The fourth-order valence-corrected chi connectivity index (χ4v) is 5.59. The first-order valence-electron chi connectivity index (χ1n) is 7.42. The largest absolute Gasteiger partial charge is 0.497 e. The smallest absolute Gasteiger partial charge is 0.416 e. The predicted molar refractivity (Wildman–Crippen MR) is 80.9 cm³/mol. The Morgan fingerprint density at radius 1 is 1.17 bits per heavy atom. The second-order valence-corrected chi connectivity index (χ2v) is 8.47. The maximum absolute atomic E-state index is 13.0. The van der Waals surface area contributed by atoms with Crippen LogP contribution in [0.4, 0.5) is 13.2 Å². The second-order valence-electron chi connectivity index (χ2n) is 6.02. The first-order chi connectivity index (χ1) is 10.7. The van der Waals surface area contributed by atoms with Gasteiger partial charge in [-0.25, -0.2) is 8.42 Å². The van der Waals surface area contributed by atoms with E-state index in [4.69, 9.17) is 4.74 Å². The van der Waals surface area contributed by atoms with Crippen molar-refractivity contribution in [2.45, 2.75) is 42.4 Å². The monoisotopic (exact) mass is 346 g/mol. The molecule has 0 aliphatic carbocycles. The van der Waals surface area contributed by atoms with E-state index in [1.54, 1.807) is 6.08 Å². The summed E-state index contributed by atoms with van der Waals surface area (Å²) in [4.78, 5) is 0. The molecule has 2 aliphatic heterocycles. The van der Waals surface area contributed by atoms with Crippen molar-refractivity contribution < 1.29 is 26.3 Å². The molecular weight excluding hydrogens is 329 g/mol. The molecule has 0 saturated carbocycles. The Hall–Kier alpha value is -1.50. The van der Waals surface area contributed by atoms with Crippen LogP contribution >= 0.6 is 0 Å². The van der Waals surface area contributed by atoms with E-state index in [-0.39, 0.29) is 12.2 Å². The molecule has 126 valence electrons. The number of sulfone groups is 1. The molecule has 1 fully saturated rings. The summed E-state index contributed by atoms with van der Waals surface area (Å²) in [5.74, 6) is 0.120. The zero-order valence-corrected chi connectivity index (χ0v) is 13.4. The molecule has 0 amide bonds. The molecule has 0 spiro atoms. The van der Waals surface area contributed by atoms with Crippen molar-refractivity contribution in [3.05, 3.63) is 35.4 Å². The minimum Gasteiger partial charge on any atom is -0.497 e. The molecular formula is C16H17F3O3S. The van der Waals surface area contributed by atoms with Crippen LogP contribution in [0.25, 0.3) is 5.57 Å². The first kappa shape index (κ1) is 16.4. The summed E-state index contributed by atoms with van der Waals surface area (Å²) in [7, 11) is -1.88. The van der Waals surface area contributed by atoms with Crippen molar-refractivity contribution in [1.29, 1.82) is 0 Å². The van der Waals surface area contributed by atoms with Crippen molar-refractivity contribution in [3.63, 3.8) is 0 Å². The van der Waals surface area contributed by atoms with Crippen molar-refractivity contribution in [2.75, 3.05) is 7.11 Å². The lowest BCUT2D eigenvalue weighted by Gasteiger charge is -2.33. The number of benzene rings is 1. The molecule has 7 heteroatoms. The quantitative estimate of drug-likeness (QED) is 0.817. The molecule has 3 rings (SSSR count). The number of fused-ring (bicyclic) bond motifs is 2. The van der Waals surface area contributed by atoms with Crippen LogP contribution in [0.5, 0.6) is 5.75 Å². The van der Waals surface area contributed by atoms with Crippen molar-refractivity contribution in [1.82, 2.24) is 0 Å². The Labute approximate surface area is 133 Å². The zero-order chi connectivity index (χ0) is 16.8. The lowest BCUT2D eigenvalue weighted by Crippen LogP contribution is -2.38. The van der Waals surface area contributed by atoms with E-state index in [2.05, 4.69) is 0 Å². The van der Waals surface area contributed by atoms with Crippen molar-refractivity contribution in [2.24, 2.45) is 0 Å². The summed E-state index contributed by atoms with van der Waals surface area (Å²) in [5.41, 5.74) is 0.272. The number of hydrogen-bond acceptors (Lipinski definition) is 3. The van der Waals surface area contributed by atoms with Gasteiger partial charge in [0.2, 0.25) is 0 Å². The highest BCUT2D eigenvalue weighted by Crippen LogP contribution is 2.41. The second kappa shape index (κ2) is 5.54. The van der Waals surface area contributed by atoms with Gasteiger partial charge in [-0.2, -0.15) is 13.2 Å². The van der Waals surface area contributed by atoms with Gasteiger partial charge in [0.1, 0.15) is 5.75 Å². The third-order valence-electron chi connectivity index (χ3n) is 4.58. The van der Waals surface area contributed by atoms with E-state index in [0.717, 1.165) is 18.6 Å². The first-order valence-corrected chi connectivity index (χ1v) is 9.03. The molecule has 2 heterocycles. The van der Waals surface area contributed by atoms with Gasteiger partial charge in [0.05, 0.1) is 23.2 Å². The average Bonchev–Trinajstić information content (AvgIpc) is 2.44. The molecule has 2 unspecified atom stereocenters. The van der Waals surface area contributed by atoms with E-state index in [1.807, 2.05) is 0 Å². The van der Waals surface area contributed by atoms with Gasteiger partial charge in [-0.1, -0.05) is 12.5 Å². The Morgan fingerprint density at radius 3 is 2.52 bits per heavy atom. The molecule has 2 bridgehead atoms. The van der Waals surface area contributed by atoms with E-state index < -0.39 is 32.1 Å². The van der Waals surface area contributed by atoms with Crippen LogP contribution < -0.4 is 4.74 Å². The number of rotatable bonds is 2. The Balaban J connectivity index is 2.07. The minimum atomic E-state index is -4.47. The van der Waals surface area contributed by atoms with Gasteiger partial charge in [0, 0.05) is 0 Å². The van der Waals surface area contributed by atoms with Crippen LogP contribution in [-0.4, -0.2) is 26.0 Å². The molecule has 0 radical (unpaired) electrons. The fraction of sp³-hybridized carbons (Fsp3) is 0.500. The molecule has 0 aromatic heterocycles. The van der Waals surface area contributed by atoms with Crippen LogP contribution in [0.2, 0.25) is 0 Å². The summed E-state index contributed by atoms with van der Waals surface area (Å²) < 4.78 is 68.6. The summed E-state index contributed by atoms with van der Waals surface area (Å²) in [6.45, 7) is 0.